The molecule has 0 radical (unpaired) electrons. The van der Waals surface area contributed by atoms with E-state index in [1.165, 1.54) is 11.8 Å². The average Bonchev–Trinajstić information content (AvgIpc) is 2.98. The van der Waals surface area contributed by atoms with Crippen molar-refractivity contribution < 1.29 is 22.6 Å². The van der Waals surface area contributed by atoms with Crippen LogP contribution in [0.2, 0.25) is 0 Å². The van der Waals surface area contributed by atoms with Crippen molar-refractivity contribution in [3.05, 3.63) is 23.3 Å². The Hall–Kier alpha value is -1.27. The number of ether oxygens (including phenoxy) is 3. The Morgan fingerprint density at radius 2 is 2.07 bits per heavy atom. The van der Waals surface area contributed by atoms with E-state index in [2.05, 4.69) is 28.6 Å². The molecule has 0 saturated carbocycles. The Morgan fingerprint density at radius 3 is 2.72 bits per heavy atom. The number of sulfone groups is 1. The highest BCUT2D eigenvalue weighted by Crippen LogP contribution is 2.35. The van der Waals surface area contributed by atoms with E-state index in [1.807, 2.05) is 13.0 Å². The predicted molar refractivity (Wildman–Crippen MR) is 126 cm³/mol. The predicted octanol–water partition coefficient (Wildman–Crippen LogP) is 1.75. The van der Waals surface area contributed by atoms with Gasteiger partial charge in [-0.05, 0) is 26.0 Å². The highest BCUT2D eigenvalue weighted by molar-refractivity contribution is 14.0. The van der Waals surface area contributed by atoms with Gasteiger partial charge in [-0.2, -0.15) is 0 Å². The molecule has 2 rings (SSSR count). The zero-order valence-electron chi connectivity index (χ0n) is 17.5. The maximum atomic E-state index is 11.1. The van der Waals surface area contributed by atoms with Gasteiger partial charge in [-0.3, -0.25) is 4.99 Å². The first-order chi connectivity index (χ1) is 13.3. The van der Waals surface area contributed by atoms with Crippen molar-refractivity contribution >= 4 is 39.8 Å². The maximum Gasteiger partial charge on any atom is 0.191 e. The van der Waals surface area contributed by atoms with Crippen molar-refractivity contribution in [2.45, 2.75) is 32.9 Å². The number of nitrogens with zero attached hydrogens (tertiary/aromatic N) is 1. The summed E-state index contributed by atoms with van der Waals surface area (Å²) >= 11 is 0. The van der Waals surface area contributed by atoms with E-state index >= 15 is 0 Å². The molecular weight excluding hydrogens is 509 g/mol. The van der Waals surface area contributed by atoms with Crippen LogP contribution in [-0.2, 0) is 27.5 Å². The van der Waals surface area contributed by atoms with Gasteiger partial charge in [0.05, 0.1) is 25.6 Å². The minimum absolute atomic E-state index is 0. The molecule has 8 nitrogen and oxygen atoms in total. The molecule has 1 aromatic carbocycles. The summed E-state index contributed by atoms with van der Waals surface area (Å²) in [6, 6.07) is 4.09. The van der Waals surface area contributed by atoms with Crippen LogP contribution in [0, 0.1) is 0 Å². The molecule has 1 aliphatic heterocycles. The molecule has 2 N–H and O–H groups in total. The van der Waals surface area contributed by atoms with Crippen LogP contribution in [-0.4, -0.2) is 65.9 Å². The van der Waals surface area contributed by atoms with E-state index in [9.17, 15) is 8.42 Å². The summed E-state index contributed by atoms with van der Waals surface area (Å²) in [5, 5.41) is 6.39. The minimum atomic E-state index is -2.99. The maximum absolute atomic E-state index is 11.1. The van der Waals surface area contributed by atoms with E-state index < -0.39 is 9.84 Å². The molecule has 1 aliphatic rings. The number of nitrogens with one attached hydrogen (secondary N) is 2. The van der Waals surface area contributed by atoms with Crippen LogP contribution in [0.3, 0.4) is 0 Å². The largest absolute Gasteiger partial charge is 0.494 e. The van der Waals surface area contributed by atoms with Gasteiger partial charge in [-0.1, -0.05) is 0 Å². The number of guanidine groups is 1. The van der Waals surface area contributed by atoms with Crippen LogP contribution < -0.4 is 20.1 Å². The highest BCUT2D eigenvalue weighted by atomic mass is 127. The monoisotopic (exact) mass is 541 g/mol. The average molecular weight is 541 g/mol. The Labute approximate surface area is 190 Å². The van der Waals surface area contributed by atoms with Crippen LogP contribution in [0.5, 0.6) is 11.5 Å². The number of aliphatic imine (C=N–C) groups is 1. The molecule has 1 aromatic rings. The van der Waals surface area contributed by atoms with Gasteiger partial charge in [0.1, 0.15) is 27.4 Å². The molecule has 0 saturated heterocycles. The molecule has 0 bridgehead atoms. The van der Waals surface area contributed by atoms with Crippen molar-refractivity contribution in [2.75, 3.05) is 45.4 Å². The van der Waals surface area contributed by atoms with Crippen LogP contribution in [0.15, 0.2) is 17.1 Å². The normalized spacial score (nSPS) is 15.9. The fourth-order valence-corrected chi connectivity index (χ4v) is 3.28. The Kier molecular flexibility index (Phi) is 11.0. The van der Waals surface area contributed by atoms with Crippen molar-refractivity contribution in [2.24, 2.45) is 4.99 Å². The smallest absolute Gasteiger partial charge is 0.191 e. The molecule has 1 unspecified atom stereocenters. The first kappa shape index (κ1) is 25.8. The molecule has 0 spiro atoms. The zero-order valence-corrected chi connectivity index (χ0v) is 20.6. The fourth-order valence-electron chi connectivity index (χ4n) is 2.86. The number of benzene rings is 1. The summed E-state index contributed by atoms with van der Waals surface area (Å²) in [5.74, 6) is 2.42. The number of hydrogen-bond donors (Lipinski definition) is 2. The van der Waals surface area contributed by atoms with Crippen LogP contribution in [0.1, 0.15) is 25.0 Å². The SMILES string of the molecule is CCOc1cc2c(cc1CNC(=NC)NCCOCCS(C)(=O)=O)OC(C)C2.I. The molecule has 10 heteroatoms. The fraction of sp³-hybridized carbons (Fsp3) is 0.632. The third kappa shape index (κ3) is 8.95. The topological polar surface area (TPSA) is 98.2 Å². The summed E-state index contributed by atoms with van der Waals surface area (Å²) in [5.41, 5.74) is 2.18. The molecule has 1 heterocycles. The molecule has 166 valence electrons. The van der Waals surface area contributed by atoms with Gasteiger partial charge < -0.3 is 24.8 Å². The summed E-state index contributed by atoms with van der Waals surface area (Å²) in [6.07, 6.45) is 2.28. The van der Waals surface area contributed by atoms with E-state index in [-0.39, 0.29) is 42.4 Å². The third-order valence-electron chi connectivity index (χ3n) is 4.19. The highest BCUT2D eigenvalue weighted by Gasteiger charge is 2.21. The number of fused-ring (bicyclic) bond motifs is 1. The molecule has 0 amide bonds. The summed E-state index contributed by atoms with van der Waals surface area (Å²) in [6.45, 7) is 6.26. The standard InChI is InChI=1S/C19H31N3O5S.HI/c1-5-26-17-11-15-10-14(2)27-18(15)12-16(17)13-22-19(20-3)21-6-7-25-8-9-28(4,23)24;/h11-12,14H,5-10,13H2,1-4H3,(H2,20,21,22);1H. The van der Waals surface area contributed by atoms with E-state index in [0.29, 0.717) is 32.3 Å². The van der Waals surface area contributed by atoms with Crippen LogP contribution in [0.4, 0.5) is 0 Å². The van der Waals surface area contributed by atoms with Gasteiger partial charge in [0, 0.05) is 43.9 Å². The van der Waals surface area contributed by atoms with Crippen molar-refractivity contribution in [3.63, 3.8) is 0 Å². The minimum Gasteiger partial charge on any atom is -0.494 e. The Morgan fingerprint density at radius 1 is 1.31 bits per heavy atom. The lowest BCUT2D eigenvalue weighted by Gasteiger charge is -2.15. The second kappa shape index (κ2) is 12.4. The van der Waals surface area contributed by atoms with Crippen molar-refractivity contribution in [1.29, 1.82) is 0 Å². The number of hydrogen-bond acceptors (Lipinski definition) is 6. The molecule has 0 aromatic heterocycles. The van der Waals surface area contributed by atoms with Gasteiger partial charge >= 0.3 is 0 Å². The van der Waals surface area contributed by atoms with E-state index in [0.717, 1.165) is 23.5 Å². The molecular formula is C19H32IN3O5S. The molecule has 29 heavy (non-hydrogen) atoms. The van der Waals surface area contributed by atoms with Gasteiger partial charge in [-0.15, -0.1) is 24.0 Å². The van der Waals surface area contributed by atoms with Gasteiger partial charge in [0.25, 0.3) is 0 Å². The first-order valence-electron chi connectivity index (χ1n) is 9.47. The third-order valence-corrected chi connectivity index (χ3v) is 5.09. The van der Waals surface area contributed by atoms with Gasteiger partial charge in [0.2, 0.25) is 0 Å². The van der Waals surface area contributed by atoms with E-state index in [4.69, 9.17) is 14.2 Å². The van der Waals surface area contributed by atoms with E-state index in [1.54, 1.807) is 7.05 Å². The summed E-state index contributed by atoms with van der Waals surface area (Å²) < 4.78 is 39.1. The lowest BCUT2D eigenvalue weighted by Crippen LogP contribution is -2.38. The van der Waals surface area contributed by atoms with Crippen molar-refractivity contribution in [3.8, 4) is 11.5 Å². The Bertz CT molecular complexity index is 786. The lowest BCUT2D eigenvalue weighted by atomic mass is 10.1. The molecule has 0 aliphatic carbocycles. The first-order valence-corrected chi connectivity index (χ1v) is 11.5. The van der Waals surface area contributed by atoms with Crippen LogP contribution >= 0.6 is 24.0 Å². The molecule has 0 fully saturated rings. The van der Waals surface area contributed by atoms with Gasteiger partial charge in [0.15, 0.2) is 5.96 Å². The number of rotatable bonds is 10. The van der Waals surface area contributed by atoms with Crippen LogP contribution in [0.25, 0.3) is 0 Å². The second-order valence-corrected chi connectivity index (χ2v) is 8.99. The second-order valence-electron chi connectivity index (χ2n) is 6.73. The molecule has 1 atom stereocenters. The summed E-state index contributed by atoms with van der Waals surface area (Å²) in [7, 11) is -1.30. The van der Waals surface area contributed by atoms with Gasteiger partial charge in [-0.25, -0.2) is 8.42 Å². The zero-order chi connectivity index (χ0) is 20.6. The summed E-state index contributed by atoms with van der Waals surface area (Å²) in [4.78, 5) is 4.19. The number of halogens is 1. The lowest BCUT2D eigenvalue weighted by molar-refractivity contribution is 0.154. The Balaban J connectivity index is 0.00000420. The quantitative estimate of drug-likeness (QED) is 0.202. The van der Waals surface area contributed by atoms with Crippen molar-refractivity contribution in [1.82, 2.24) is 10.6 Å².